The topological polar surface area (TPSA) is 129 Å². The summed E-state index contributed by atoms with van der Waals surface area (Å²) in [6.45, 7) is 2.89. The van der Waals surface area contributed by atoms with Crippen LogP contribution < -0.4 is 0 Å². The molecular formula is C12H14O7S. The number of carboxylic acid groups (broad SMARTS) is 2. The number of allylic oxidation sites excluding steroid dienone is 3. The minimum Gasteiger partial charge on any atom is -0.481 e. The molecule has 1 rings (SSSR count). The SMILES string of the molecule is CC=C1C(S(=O)(=O)O)=CC(C(=O)O)C(=CC)C1C(=O)O. The number of rotatable bonds is 3. The number of carbonyl (C=O) groups is 2. The van der Waals surface area contributed by atoms with Gasteiger partial charge in [0, 0.05) is 0 Å². The van der Waals surface area contributed by atoms with Crippen molar-refractivity contribution in [2.45, 2.75) is 13.8 Å². The van der Waals surface area contributed by atoms with Crippen LogP contribution in [0, 0.1) is 11.8 Å². The summed E-state index contributed by atoms with van der Waals surface area (Å²) < 4.78 is 31.8. The van der Waals surface area contributed by atoms with Crippen LogP contribution in [0.25, 0.3) is 0 Å². The molecule has 20 heavy (non-hydrogen) atoms. The summed E-state index contributed by atoms with van der Waals surface area (Å²) in [5.74, 6) is -5.61. The molecule has 0 aromatic rings. The number of hydrogen-bond donors (Lipinski definition) is 3. The Hall–Kier alpha value is -1.93. The standard InChI is InChI=1S/C12H14O7S/c1-3-6-8(11(13)14)5-9(20(17,18)19)7(4-2)10(6)12(15)16/h3-5,8,10H,1-2H3,(H,13,14)(H,15,16)(H,17,18,19). The van der Waals surface area contributed by atoms with E-state index < -0.39 is 38.8 Å². The maximum absolute atomic E-state index is 11.4. The summed E-state index contributed by atoms with van der Waals surface area (Å²) in [7, 11) is -4.71. The second kappa shape index (κ2) is 5.59. The fraction of sp³-hybridized carbons (Fsp3) is 0.333. The van der Waals surface area contributed by atoms with Crippen LogP contribution in [0.1, 0.15) is 13.8 Å². The highest BCUT2D eigenvalue weighted by atomic mass is 32.2. The van der Waals surface area contributed by atoms with Crippen LogP contribution in [0.4, 0.5) is 0 Å². The zero-order chi connectivity index (χ0) is 15.7. The third kappa shape index (κ3) is 2.81. The lowest BCUT2D eigenvalue weighted by Gasteiger charge is -2.28. The van der Waals surface area contributed by atoms with Crippen LogP contribution in [0.2, 0.25) is 0 Å². The molecule has 0 heterocycles. The number of hydrogen-bond acceptors (Lipinski definition) is 4. The van der Waals surface area contributed by atoms with E-state index in [0.717, 1.165) is 6.08 Å². The fourth-order valence-electron chi connectivity index (χ4n) is 2.22. The van der Waals surface area contributed by atoms with Gasteiger partial charge in [-0.05, 0) is 31.1 Å². The van der Waals surface area contributed by atoms with Crippen molar-refractivity contribution < 1.29 is 32.8 Å². The van der Waals surface area contributed by atoms with Gasteiger partial charge in [-0.1, -0.05) is 12.2 Å². The lowest BCUT2D eigenvalue weighted by molar-refractivity contribution is -0.140. The molecule has 0 aliphatic heterocycles. The highest BCUT2D eigenvalue weighted by Crippen LogP contribution is 2.39. The molecule has 0 aromatic heterocycles. The Kier molecular flexibility index (Phi) is 4.51. The summed E-state index contributed by atoms with van der Waals surface area (Å²) in [5, 5.41) is 18.4. The highest BCUT2D eigenvalue weighted by Gasteiger charge is 2.41. The van der Waals surface area contributed by atoms with E-state index in [9.17, 15) is 23.1 Å². The van der Waals surface area contributed by atoms with Gasteiger partial charge in [0.25, 0.3) is 10.1 Å². The molecule has 110 valence electrons. The van der Waals surface area contributed by atoms with Gasteiger partial charge in [0.1, 0.15) is 5.92 Å². The van der Waals surface area contributed by atoms with E-state index in [1.165, 1.54) is 26.0 Å². The van der Waals surface area contributed by atoms with E-state index in [2.05, 4.69) is 0 Å². The first kappa shape index (κ1) is 16.1. The molecule has 0 aromatic carbocycles. The highest BCUT2D eigenvalue weighted by molar-refractivity contribution is 7.90. The van der Waals surface area contributed by atoms with E-state index in [4.69, 9.17) is 9.66 Å². The predicted octanol–water partition coefficient (Wildman–Crippen LogP) is 1.07. The minimum absolute atomic E-state index is 0.0468. The molecule has 2 atom stereocenters. The fourth-order valence-corrected chi connectivity index (χ4v) is 3.07. The maximum atomic E-state index is 11.4. The molecule has 1 aliphatic carbocycles. The van der Waals surface area contributed by atoms with Crippen molar-refractivity contribution >= 4 is 22.1 Å². The largest absolute Gasteiger partial charge is 0.481 e. The average molecular weight is 302 g/mol. The Morgan fingerprint density at radius 2 is 1.70 bits per heavy atom. The van der Waals surface area contributed by atoms with E-state index in [-0.39, 0.29) is 11.1 Å². The van der Waals surface area contributed by atoms with Crippen LogP contribution in [0.5, 0.6) is 0 Å². The molecule has 0 bridgehead atoms. The van der Waals surface area contributed by atoms with Crippen molar-refractivity contribution in [1.29, 1.82) is 0 Å². The second-order valence-corrected chi connectivity index (χ2v) is 5.52. The predicted molar refractivity (Wildman–Crippen MR) is 69.4 cm³/mol. The lowest BCUT2D eigenvalue weighted by Crippen LogP contribution is -2.32. The molecule has 2 unspecified atom stereocenters. The van der Waals surface area contributed by atoms with Crippen LogP contribution >= 0.6 is 0 Å². The summed E-state index contributed by atoms with van der Waals surface area (Å²) >= 11 is 0. The molecule has 0 amide bonds. The van der Waals surface area contributed by atoms with Gasteiger partial charge >= 0.3 is 11.9 Å². The first-order chi connectivity index (χ1) is 9.15. The van der Waals surface area contributed by atoms with Gasteiger partial charge in [-0.15, -0.1) is 0 Å². The summed E-state index contributed by atoms with van der Waals surface area (Å²) in [6, 6.07) is 0. The van der Waals surface area contributed by atoms with Gasteiger partial charge in [-0.25, -0.2) is 0 Å². The monoisotopic (exact) mass is 302 g/mol. The van der Waals surface area contributed by atoms with E-state index in [1.807, 2.05) is 0 Å². The van der Waals surface area contributed by atoms with E-state index >= 15 is 0 Å². The van der Waals surface area contributed by atoms with Crippen molar-refractivity contribution in [3.8, 4) is 0 Å². The smallest absolute Gasteiger partial charge is 0.315 e. The molecule has 1 aliphatic rings. The van der Waals surface area contributed by atoms with Gasteiger partial charge in [0.05, 0.1) is 10.8 Å². The van der Waals surface area contributed by atoms with Crippen molar-refractivity contribution in [3.63, 3.8) is 0 Å². The summed E-state index contributed by atoms with van der Waals surface area (Å²) in [4.78, 5) is 21.9. The number of carboxylic acids is 2. The zero-order valence-electron chi connectivity index (χ0n) is 10.8. The van der Waals surface area contributed by atoms with Crippen molar-refractivity contribution in [2.24, 2.45) is 11.8 Å². The molecule has 3 N–H and O–H groups in total. The Morgan fingerprint density at radius 1 is 1.15 bits per heavy atom. The summed E-state index contributed by atoms with van der Waals surface area (Å²) in [5.41, 5.74) is -0.101. The Balaban J connectivity index is 3.70. The molecule has 0 saturated carbocycles. The molecule has 8 heteroatoms. The van der Waals surface area contributed by atoms with Gasteiger partial charge in [0.15, 0.2) is 0 Å². The maximum Gasteiger partial charge on any atom is 0.315 e. The third-order valence-electron chi connectivity index (χ3n) is 3.04. The third-order valence-corrected chi connectivity index (χ3v) is 3.97. The lowest BCUT2D eigenvalue weighted by atomic mass is 9.77. The Bertz CT molecular complexity index is 637. The number of aliphatic carboxylic acids is 2. The molecule has 0 radical (unpaired) electrons. The first-order valence-corrected chi connectivity index (χ1v) is 7.06. The van der Waals surface area contributed by atoms with Crippen LogP contribution in [0.3, 0.4) is 0 Å². The van der Waals surface area contributed by atoms with Crippen LogP contribution in [0.15, 0.2) is 34.3 Å². The summed E-state index contributed by atoms with van der Waals surface area (Å²) in [6.07, 6.45) is 3.42. The Labute approximate surface area is 115 Å². The molecular weight excluding hydrogens is 288 g/mol. The van der Waals surface area contributed by atoms with E-state index in [0.29, 0.717) is 0 Å². The van der Waals surface area contributed by atoms with Gasteiger partial charge in [-0.2, -0.15) is 8.42 Å². The zero-order valence-corrected chi connectivity index (χ0v) is 11.6. The molecule has 0 spiro atoms. The molecule has 0 fully saturated rings. The van der Waals surface area contributed by atoms with Gasteiger partial charge in [-0.3, -0.25) is 14.1 Å². The second-order valence-electron chi connectivity index (χ2n) is 4.13. The van der Waals surface area contributed by atoms with Crippen molar-refractivity contribution in [2.75, 3.05) is 0 Å². The first-order valence-electron chi connectivity index (χ1n) is 5.62. The van der Waals surface area contributed by atoms with Gasteiger partial charge < -0.3 is 10.2 Å². The normalized spacial score (nSPS) is 27.4. The molecule has 7 nitrogen and oxygen atoms in total. The molecule has 0 saturated heterocycles. The van der Waals surface area contributed by atoms with Gasteiger partial charge in [0.2, 0.25) is 0 Å². The minimum atomic E-state index is -4.71. The van der Waals surface area contributed by atoms with Crippen molar-refractivity contribution in [1.82, 2.24) is 0 Å². The Morgan fingerprint density at radius 3 is 2.00 bits per heavy atom. The van der Waals surface area contributed by atoms with E-state index in [1.54, 1.807) is 0 Å². The van der Waals surface area contributed by atoms with Crippen molar-refractivity contribution in [3.05, 3.63) is 34.3 Å². The van der Waals surface area contributed by atoms with Crippen LogP contribution in [-0.4, -0.2) is 35.1 Å². The quantitative estimate of drug-likeness (QED) is 0.525. The van der Waals surface area contributed by atoms with Crippen LogP contribution in [-0.2, 0) is 19.7 Å². The average Bonchev–Trinajstić information content (AvgIpc) is 2.34.